The van der Waals surface area contributed by atoms with Crippen LogP contribution in [0.15, 0.2) is 11.1 Å². The van der Waals surface area contributed by atoms with Gasteiger partial charge in [0.05, 0.1) is 13.7 Å². The predicted octanol–water partition coefficient (Wildman–Crippen LogP) is 0.118. The van der Waals surface area contributed by atoms with E-state index in [0.717, 1.165) is 0 Å². The van der Waals surface area contributed by atoms with Crippen LogP contribution in [0.4, 0.5) is 5.95 Å². The lowest BCUT2D eigenvalue weighted by Crippen LogP contribution is -2.17. The first-order valence-corrected chi connectivity index (χ1v) is 7.43. The summed E-state index contributed by atoms with van der Waals surface area (Å²) in [5.74, 6) is 0.109. The number of aliphatic hydroxyl groups excluding tert-OH is 1. The highest BCUT2D eigenvalue weighted by atomic mass is 32.2. The summed E-state index contributed by atoms with van der Waals surface area (Å²) in [7, 11) is -2.59. The summed E-state index contributed by atoms with van der Waals surface area (Å²) in [6, 6.07) is 1.57. The number of H-pyrrole nitrogens is 1. The van der Waals surface area contributed by atoms with Crippen LogP contribution in [-0.4, -0.2) is 40.8 Å². The molecule has 0 aliphatic carbocycles. The molecule has 0 saturated carbocycles. The van der Waals surface area contributed by atoms with Crippen LogP contribution in [0.3, 0.4) is 0 Å². The van der Waals surface area contributed by atoms with Gasteiger partial charge in [-0.05, 0) is 13.8 Å². The zero-order valence-electron chi connectivity index (χ0n) is 11.7. The Morgan fingerprint density at radius 3 is 2.71 bits per heavy atom. The molecule has 2 heterocycles. The number of anilines is 1. The Kier molecular flexibility index (Phi) is 4.09. The normalized spacial score (nSPS) is 11.4. The molecule has 0 aromatic carbocycles. The van der Waals surface area contributed by atoms with Gasteiger partial charge in [0.25, 0.3) is 10.0 Å². The molecule has 0 aliphatic rings. The van der Waals surface area contributed by atoms with Crippen molar-refractivity contribution in [3.8, 4) is 5.88 Å². The molecular formula is C11H15N5O4S. The second-order valence-electron chi connectivity index (χ2n) is 4.27. The number of aliphatic hydroxyl groups is 1. The minimum atomic E-state index is -4.01. The molecule has 2 aromatic rings. The maximum absolute atomic E-state index is 12.3. The van der Waals surface area contributed by atoms with E-state index in [4.69, 9.17) is 4.74 Å². The van der Waals surface area contributed by atoms with Crippen molar-refractivity contribution in [2.75, 3.05) is 11.8 Å². The van der Waals surface area contributed by atoms with Crippen LogP contribution < -0.4 is 9.46 Å². The molecule has 0 saturated heterocycles. The molecule has 9 nitrogen and oxygen atoms in total. The van der Waals surface area contributed by atoms with Gasteiger partial charge >= 0.3 is 0 Å². The van der Waals surface area contributed by atoms with Crippen molar-refractivity contribution in [2.24, 2.45) is 0 Å². The highest BCUT2D eigenvalue weighted by molar-refractivity contribution is 7.92. The Bertz CT molecular complexity index is 756. The fourth-order valence-corrected chi connectivity index (χ4v) is 2.83. The number of hydrogen-bond donors (Lipinski definition) is 3. The summed E-state index contributed by atoms with van der Waals surface area (Å²) in [4.78, 5) is 7.87. The van der Waals surface area contributed by atoms with Gasteiger partial charge in [0.15, 0.2) is 0 Å². The first kappa shape index (κ1) is 15.2. The third-order valence-corrected chi connectivity index (χ3v) is 4.01. The quantitative estimate of drug-likeness (QED) is 0.714. The number of nitrogens with one attached hydrogen (secondary N) is 2. The summed E-state index contributed by atoms with van der Waals surface area (Å²) < 4.78 is 31.7. The number of hydrogen-bond acceptors (Lipinski definition) is 7. The first-order valence-electron chi connectivity index (χ1n) is 5.94. The number of aromatic amines is 1. The Morgan fingerprint density at radius 1 is 1.38 bits per heavy atom. The van der Waals surface area contributed by atoms with Crippen LogP contribution in [-0.2, 0) is 16.6 Å². The topological polar surface area (TPSA) is 130 Å². The van der Waals surface area contributed by atoms with E-state index >= 15 is 0 Å². The van der Waals surface area contributed by atoms with Crippen molar-refractivity contribution in [2.45, 2.75) is 25.5 Å². The number of aryl methyl sites for hydroxylation is 2. The van der Waals surface area contributed by atoms with E-state index in [1.165, 1.54) is 7.11 Å². The Morgan fingerprint density at radius 2 is 2.10 bits per heavy atom. The lowest BCUT2D eigenvalue weighted by atomic mass is 10.3. The SMILES string of the molecule is COc1cc(C)nc(NS(=O)(=O)c2n[nH]c(C)c2CO)n1. The van der Waals surface area contributed by atoms with E-state index in [9.17, 15) is 13.5 Å². The molecule has 2 aromatic heterocycles. The zero-order valence-corrected chi connectivity index (χ0v) is 12.5. The standard InChI is InChI=1S/C11H15N5O4S/c1-6-4-9(20-3)13-11(12-6)16-21(18,19)10-8(5-17)7(2)14-15-10/h4,17H,5H2,1-3H3,(H,14,15)(H,12,13,16). The van der Waals surface area contributed by atoms with Crippen LogP contribution in [0.2, 0.25) is 0 Å². The van der Waals surface area contributed by atoms with E-state index in [1.807, 2.05) is 0 Å². The largest absolute Gasteiger partial charge is 0.481 e. The van der Waals surface area contributed by atoms with Gasteiger partial charge in [-0.1, -0.05) is 0 Å². The van der Waals surface area contributed by atoms with Crippen molar-refractivity contribution in [3.63, 3.8) is 0 Å². The van der Waals surface area contributed by atoms with Gasteiger partial charge in [0, 0.05) is 23.0 Å². The summed E-state index contributed by atoms with van der Waals surface area (Å²) in [5, 5.41) is 15.2. The molecule has 114 valence electrons. The lowest BCUT2D eigenvalue weighted by Gasteiger charge is -2.08. The predicted molar refractivity (Wildman–Crippen MR) is 73.4 cm³/mol. The lowest BCUT2D eigenvalue weighted by molar-refractivity contribution is 0.277. The highest BCUT2D eigenvalue weighted by Crippen LogP contribution is 2.19. The van der Waals surface area contributed by atoms with Crippen LogP contribution in [0, 0.1) is 13.8 Å². The number of aromatic nitrogens is 4. The third-order valence-electron chi connectivity index (χ3n) is 2.71. The van der Waals surface area contributed by atoms with Gasteiger partial charge < -0.3 is 9.84 Å². The number of rotatable bonds is 5. The Hall–Kier alpha value is -2.20. The number of methoxy groups -OCH3 is 1. The van der Waals surface area contributed by atoms with Gasteiger partial charge in [-0.15, -0.1) is 0 Å². The number of ether oxygens (including phenoxy) is 1. The van der Waals surface area contributed by atoms with Crippen LogP contribution >= 0.6 is 0 Å². The second-order valence-corrected chi connectivity index (χ2v) is 5.87. The molecular weight excluding hydrogens is 298 g/mol. The molecule has 0 amide bonds. The summed E-state index contributed by atoms with van der Waals surface area (Å²) >= 11 is 0. The zero-order chi connectivity index (χ0) is 15.6. The Labute approximate surface area is 121 Å². The van der Waals surface area contributed by atoms with E-state index < -0.39 is 16.6 Å². The maximum atomic E-state index is 12.3. The number of nitrogens with zero attached hydrogens (tertiary/aromatic N) is 3. The van der Waals surface area contributed by atoms with Crippen molar-refractivity contribution in [1.29, 1.82) is 0 Å². The first-order chi connectivity index (χ1) is 9.87. The van der Waals surface area contributed by atoms with E-state index in [-0.39, 0.29) is 22.4 Å². The molecule has 0 fully saturated rings. The van der Waals surface area contributed by atoms with E-state index in [1.54, 1.807) is 19.9 Å². The molecule has 0 spiro atoms. The van der Waals surface area contributed by atoms with Gasteiger partial charge in [-0.25, -0.2) is 9.71 Å². The smallest absolute Gasteiger partial charge is 0.283 e. The van der Waals surface area contributed by atoms with Crippen LogP contribution in [0.25, 0.3) is 0 Å². The second kappa shape index (κ2) is 5.66. The Balaban J connectivity index is 2.39. The summed E-state index contributed by atoms with van der Waals surface area (Å²) in [6.07, 6.45) is 0. The maximum Gasteiger partial charge on any atom is 0.283 e. The molecule has 0 aliphatic heterocycles. The average molecular weight is 313 g/mol. The molecule has 2 rings (SSSR count). The van der Waals surface area contributed by atoms with Crippen molar-refractivity contribution in [3.05, 3.63) is 23.0 Å². The summed E-state index contributed by atoms with van der Waals surface area (Å²) in [6.45, 7) is 2.85. The molecule has 0 radical (unpaired) electrons. The molecule has 0 bridgehead atoms. The molecule has 0 unspecified atom stereocenters. The van der Waals surface area contributed by atoms with Crippen LogP contribution in [0.5, 0.6) is 5.88 Å². The van der Waals surface area contributed by atoms with Gasteiger partial charge in [0.1, 0.15) is 0 Å². The average Bonchev–Trinajstić information content (AvgIpc) is 2.79. The molecule has 21 heavy (non-hydrogen) atoms. The van der Waals surface area contributed by atoms with Crippen molar-refractivity contribution >= 4 is 16.0 Å². The van der Waals surface area contributed by atoms with Gasteiger partial charge in [0.2, 0.25) is 16.9 Å². The van der Waals surface area contributed by atoms with Crippen molar-refractivity contribution in [1.82, 2.24) is 20.2 Å². The van der Waals surface area contributed by atoms with Crippen molar-refractivity contribution < 1.29 is 18.3 Å². The monoisotopic (exact) mass is 313 g/mol. The van der Waals surface area contributed by atoms with Crippen LogP contribution in [0.1, 0.15) is 17.0 Å². The molecule has 10 heteroatoms. The fraction of sp³-hybridized carbons (Fsp3) is 0.364. The third kappa shape index (κ3) is 3.11. The van der Waals surface area contributed by atoms with Gasteiger partial charge in [-0.3, -0.25) is 5.10 Å². The molecule has 0 atom stereocenters. The minimum Gasteiger partial charge on any atom is -0.481 e. The number of sulfonamides is 1. The highest BCUT2D eigenvalue weighted by Gasteiger charge is 2.24. The van der Waals surface area contributed by atoms with E-state index in [0.29, 0.717) is 11.4 Å². The fourth-order valence-electron chi connectivity index (χ4n) is 1.70. The van der Waals surface area contributed by atoms with E-state index in [2.05, 4.69) is 24.9 Å². The minimum absolute atomic E-state index is 0.128. The molecule has 3 N–H and O–H groups in total. The summed E-state index contributed by atoms with van der Waals surface area (Å²) in [5.41, 5.74) is 1.21. The van der Waals surface area contributed by atoms with Gasteiger partial charge in [-0.2, -0.15) is 18.5 Å².